The van der Waals surface area contributed by atoms with E-state index in [2.05, 4.69) is 75.1 Å². The summed E-state index contributed by atoms with van der Waals surface area (Å²) in [6, 6.07) is 7.36. The monoisotopic (exact) mass is 257 g/mol. The fraction of sp³-hybridized carbons (Fsp3) is 0.438. The van der Waals surface area contributed by atoms with E-state index in [0.29, 0.717) is 6.04 Å². The highest BCUT2D eigenvalue weighted by molar-refractivity contribution is 5.76. The molecule has 1 atom stereocenters. The molecule has 100 valence electrons. The lowest BCUT2D eigenvalue weighted by atomic mass is 10.0. The summed E-state index contributed by atoms with van der Waals surface area (Å²) in [6.07, 6.45) is 4.49. The van der Waals surface area contributed by atoms with E-state index in [1.54, 1.807) is 0 Å². The Kier molecular flexibility index (Phi) is 2.58. The molecule has 0 N–H and O–H groups in total. The number of hydrogen-bond donors (Lipinski definition) is 0. The van der Waals surface area contributed by atoms with E-state index in [1.807, 2.05) is 0 Å². The molecule has 3 nitrogen and oxygen atoms in total. The maximum Gasteiger partial charge on any atom is 0.249 e. The first-order valence-electron chi connectivity index (χ1n) is 6.84. The van der Waals surface area contributed by atoms with Gasteiger partial charge in [0.15, 0.2) is 0 Å². The molecule has 19 heavy (non-hydrogen) atoms. The molecular formula is C16H23N3+2. The lowest BCUT2D eigenvalue weighted by Crippen LogP contribution is -2.35. The molecule has 1 unspecified atom stereocenters. The van der Waals surface area contributed by atoms with Crippen molar-refractivity contribution < 1.29 is 4.58 Å². The molecule has 2 heterocycles. The van der Waals surface area contributed by atoms with Crippen LogP contribution in [0.2, 0.25) is 0 Å². The third-order valence-electron chi connectivity index (χ3n) is 4.32. The molecule has 0 aliphatic carbocycles. The smallest absolute Gasteiger partial charge is 0.249 e. The van der Waals surface area contributed by atoms with Crippen LogP contribution in [0.15, 0.2) is 30.5 Å². The van der Waals surface area contributed by atoms with Gasteiger partial charge in [-0.3, -0.25) is 9.06 Å². The van der Waals surface area contributed by atoms with Crippen molar-refractivity contribution in [3.8, 4) is 0 Å². The van der Waals surface area contributed by atoms with Crippen LogP contribution in [0.25, 0.3) is 0 Å². The van der Waals surface area contributed by atoms with Crippen LogP contribution < -0.4 is 4.48 Å². The molecule has 0 amide bonds. The molecule has 3 heteroatoms. The SMILES string of the molecule is CC1=[N+]2Cc3ccc([N+](C)(C)C)cc3C2C=CN1C. The zero-order chi connectivity index (χ0) is 13.8. The standard InChI is InChI=1S/C16H23N3/c1-12-17(2)9-8-16-15-10-14(19(3,4)5)7-6-13(15)11-18(12)16/h6-10,16H,11H2,1-5H3/q+2. The summed E-state index contributed by atoms with van der Waals surface area (Å²) in [6.45, 7) is 3.22. The summed E-state index contributed by atoms with van der Waals surface area (Å²) < 4.78 is 3.34. The van der Waals surface area contributed by atoms with E-state index < -0.39 is 0 Å². The van der Waals surface area contributed by atoms with Crippen molar-refractivity contribution in [1.29, 1.82) is 0 Å². The Bertz CT molecular complexity index is 591. The predicted molar refractivity (Wildman–Crippen MR) is 80.3 cm³/mol. The van der Waals surface area contributed by atoms with Gasteiger partial charge in [-0.1, -0.05) is 0 Å². The number of rotatable bonds is 1. The van der Waals surface area contributed by atoms with Gasteiger partial charge >= 0.3 is 0 Å². The van der Waals surface area contributed by atoms with Crippen LogP contribution in [0, 0.1) is 0 Å². The highest BCUT2D eigenvalue weighted by Gasteiger charge is 2.35. The zero-order valence-corrected chi connectivity index (χ0v) is 12.5. The summed E-state index contributed by atoms with van der Waals surface area (Å²) in [5.74, 6) is 1.33. The average molecular weight is 257 g/mol. The minimum atomic E-state index is 0.415. The molecule has 0 saturated heterocycles. The first-order valence-corrected chi connectivity index (χ1v) is 6.84. The minimum Gasteiger partial charge on any atom is -0.298 e. The molecule has 1 aromatic rings. The summed E-state index contributed by atoms with van der Waals surface area (Å²) in [5, 5.41) is 0. The van der Waals surface area contributed by atoms with Crippen LogP contribution >= 0.6 is 0 Å². The van der Waals surface area contributed by atoms with Gasteiger partial charge in [0.2, 0.25) is 5.84 Å². The number of hydrogen-bond acceptors (Lipinski definition) is 1. The number of nitrogens with zero attached hydrogens (tertiary/aromatic N) is 3. The van der Waals surface area contributed by atoms with Gasteiger partial charge in [0, 0.05) is 30.2 Å². The normalized spacial score (nSPS) is 21.7. The van der Waals surface area contributed by atoms with Crippen LogP contribution in [0.3, 0.4) is 0 Å². The van der Waals surface area contributed by atoms with Crippen molar-refractivity contribution in [2.75, 3.05) is 28.2 Å². The van der Waals surface area contributed by atoms with Gasteiger partial charge in [-0.2, -0.15) is 0 Å². The van der Waals surface area contributed by atoms with Crippen molar-refractivity contribution in [2.45, 2.75) is 19.5 Å². The number of benzene rings is 1. The molecule has 0 spiro atoms. The van der Waals surface area contributed by atoms with Gasteiger partial charge in [0.1, 0.15) is 18.3 Å². The Hall–Kier alpha value is -1.61. The summed E-state index contributed by atoms with van der Waals surface area (Å²) in [5.41, 5.74) is 4.29. The van der Waals surface area contributed by atoms with Crippen LogP contribution in [0.1, 0.15) is 24.1 Å². The van der Waals surface area contributed by atoms with E-state index in [0.717, 1.165) is 11.0 Å². The third-order valence-corrected chi connectivity index (χ3v) is 4.32. The summed E-state index contributed by atoms with van der Waals surface area (Å²) >= 11 is 0. The van der Waals surface area contributed by atoms with Gasteiger partial charge in [-0.15, -0.1) is 0 Å². The fourth-order valence-corrected chi connectivity index (χ4v) is 2.91. The molecular weight excluding hydrogens is 234 g/mol. The van der Waals surface area contributed by atoms with Crippen molar-refractivity contribution in [3.05, 3.63) is 41.6 Å². The predicted octanol–water partition coefficient (Wildman–Crippen LogP) is 2.33. The Morgan fingerprint density at radius 3 is 2.68 bits per heavy atom. The Morgan fingerprint density at radius 2 is 2.00 bits per heavy atom. The van der Waals surface area contributed by atoms with Gasteiger partial charge in [0.05, 0.1) is 34.4 Å². The third kappa shape index (κ3) is 1.89. The molecule has 3 rings (SSSR count). The first-order chi connectivity index (χ1) is 8.88. The van der Waals surface area contributed by atoms with Crippen LogP contribution in [-0.2, 0) is 6.54 Å². The van der Waals surface area contributed by atoms with Gasteiger partial charge < -0.3 is 0 Å². The average Bonchev–Trinajstić information content (AvgIpc) is 2.71. The maximum atomic E-state index is 2.48. The van der Waals surface area contributed by atoms with Crippen molar-refractivity contribution in [2.24, 2.45) is 0 Å². The van der Waals surface area contributed by atoms with Crippen molar-refractivity contribution >= 4 is 11.5 Å². The second kappa shape index (κ2) is 3.94. The molecule has 0 aromatic heterocycles. The van der Waals surface area contributed by atoms with Crippen LogP contribution in [0.4, 0.5) is 5.69 Å². The molecule has 0 bridgehead atoms. The topological polar surface area (TPSA) is 6.25 Å². The highest BCUT2D eigenvalue weighted by atomic mass is 15.3. The van der Waals surface area contributed by atoms with Gasteiger partial charge in [-0.05, 0) is 12.1 Å². The summed E-state index contributed by atoms with van der Waals surface area (Å²) in [4.78, 5) is 2.20. The van der Waals surface area contributed by atoms with E-state index in [4.69, 9.17) is 0 Å². The lowest BCUT2D eigenvalue weighted by molar-refractivity contribution is -0.571. The molecule has 0 radical (unpaired) electrons. The Morgan fingerprint density at radius 1 is 1.26 bits per heavy atom. The summed E-state index contributed by atoms with van der Waals surface area (Å²) in [7, 11) is 8.77. The molecule has 1 aromatic carbocycles. The first kappa shape index (κ1) is 12.4. The Balaban J connectivity index is 2.10. The second-order valence-corrected chi connectivity index (χ2v) is 6.47. The molecule has 0 saturated carbocycles. The molecule has 2 aliphatic heterocycles. The van der Waals surface area contributed by atoms with Crippen molar-refractivity contribution in [1.82, 2.24) is 9.38 Å². The van der Waals surface area contributed by atoms with E-state index in [1.165, 1.54) is 22.6 Å². The number of quaternary nitrogens is 1. The second-order valence-electron chi connectivity index (χ2n) is 6.47. The maximum absolute atomic E-state index is 2.48. The highest BCUT2D eigenvalue weighted by Crippen LogP contribution is 2.36. The quantitative estimate of drug-likeness (QED) is 0.553. The van der Waals surface area contributed by atoms with E-state index >= 15 is 0 Å². The number of amidine groups is 1. The zero-order valence-electron chi connectivity index (χ0n) is 12.5. The Labute approximate surface area is 115 Å². The number of fused-ring (bicyclic) bond motifs is 3. The van der Waals surface area contributed by atoms with Crippen molar-refractivity contribution in [3.63, 3.8) is 0 Å². The lowest BCUT2D eigenvalue weighted by Gasteiger charge is -2.24. The van der Waals surface area contributed by atoms with E-state index in [-0.39, 0.29) is 0 Å². The minimum absolute atomic E-state index is 0.415. The van der Waals surface area contributed by atoms with Gasteiger partial charge in [0.25, 0.3) is 0 Å². The molecule has 0 fully saturated rings. The largest absolute Gasteiger partial charge is 0.298 e. The van der Waals surface area contributed by atoms with Crippen LogP contribution in [0.5, 0.6) is 0 Å². The van der Waals surface area contributed by atoms with Crippen LogP contribution in [-0.4, -0.2) is 43.5 Å². The fourth-order valence-electron chi connectivity index (χ4n) is 2.91. The van der Waals surface area contributed by atoms with Gasteiger partial charge in [-0.25, -0.2) is 4.90 Å². The van der Waals surface area contributed by atoms with E-state index in [9.17, 15) is 0 Å². The molecule has 2 aliphatic rings.